The molecule has 1 atom stereocenters. The van der Waals surface area contributed by atoms with E-state index in [9.17, 15) is 18.0 Å². The topological polar surface area (TPSA) is 114 Å². The van der Waals surface area contributed by atoms with Crippen molar-refractivity contribution in [1.82, 2.24) is 10.2 Å². The number of amides is 2. The van der Waals surface area contributed by atoms with E-state index in [0.717, 1.165) is 35.6 Å². The van der Waals surface area contributed by atoms with Crippen LogP contribution in [0.15, 0.2) is 77.7 Å². The number of rotatable bonds is 13. The van der Waals surface area contributed by atoms with Crippen molar-refractivity contribution in [2.75, 3.05) is 32.2 Å². The van der Waals surface area contributed by atoms with Crippen molar-refractivity contribution in [3.63, 3.8) is 0 Å². The zero-order valence-electron chi connectivity index (χ0n) is 25.0. The number of hydrogen-bond acceptors (Lipinski definition) is 7. The number of anilines is 1. The van der Waals surface area contributed by atoms with Crippen molar-refractivity contribution in [3.05, 3.63) is 78.4 Å². The van der Waals surface area contributed by atoms with Gasteiger partial charge in [-0.15, -0.1) is 0 Å². The van der Waals surface area contributed by atoms with E-state index in [1.165, 1.54) is 37.3 Å². The van der Waals surface area contributed by atoms with E-state index in [-0.39, 0.29) is 34.8 Å². The number of nitrogens with zero attached hydrogens (tertiary/aromatic N) is 2. The van der Waals surface area contributed by atoms with Gasteiger partial charge >= 0.3 is 0 Å². The van der Waals surface area contributed by atoms with Crippen molar-refractivity contribution in [1.29, 1.82) is 0 Å². The van der Waals surface area contributed by atoms with Crippen LogP contribution in [0.1, 0.15) is 38.2 Å². The maximum Gasteiger partial charge on any atom is 0.264 e. The maximum atomic E-state index is 14.2. The number of ether oxygens (including phenoxy) is 3. The molecular weight excluding hydrogens is 570 g/mol. The molecule has 1 N–H and O–H groups in total. The molecule has 11 heteroatoms. The van der Waals surface area contributed by atoms with Crippen LogP contribution in [0.2, 0.25) is 0 Å². The standard InChI is InChI=1S/C32H39N3O7S/c1-23(32(37)33-25-12-8-9-13-25)34(21-24-11-10-14-26(19-24)40-2)31(36)22-35(43(38,39)28-15-6-5-7-16-28)29-20-27(41-3)17-18-30(29)42-4/h5-7,10-11,14-20,23,25H,8-9,12-13,21-22H2,1-4H3,(H,33,37)/t23-/m0/s1. The molecule has 1 aliphatic carbocycles. The summed E-state index contributed by atoms with van der Waals surface area (Å²) in [5, 5.41) is 3.07. The number of nitrogens with one attached hydrogen (secondary N) is 1. The van der Waals surface area contributed by atoms with Crippen molar-refractivity contribution in [2.24, 2.45) is 0 Å². The Morgan fingerprint density at radius 3 is 2.21 bits per heavy atom. The summed E-state index contributed by atoms with van der Waals surface area (Å²) in [6.07, 6.45) is 3.86. The summed E-state index contributed by atoms with van der Waals surface area (Å²) < 4.78 is 45.4. The molecule has 1 saturated carbocycles. The van der Waals surface area contributed by atoms with Crippen LogP contribution in [-0.4, -0.2) is 65.1 Å². The Morgan fingerprint density at radius 2 is 1.56 bits per heavy atom. The SMILES string of the molecule is COc1cccc(CN(C(=O)CN(c2cc(OC)ccc2OC)S(=O)(=O)c2ccccc2)[C@@H](C)C(=O)NC2CCCC2)c1. The van der Waals surface area contributed by atoms with Gasteiger partial charge in [0.25, 0.3) is 10.0 Å². The first-order valence-electron chi connectivity index (χ1n) is 14.2. The van der Waals surface area contributed by atoms with E-state index in [1.54, 1.807) is 62.6 Å². The van der Waals surface area contributed by atoms with Gasteiger partial charge in [0, 0.05) is 18.7 Å². The number of sulfonamides is 1. The summed E-state index contributed by atoms with van der Waals surface area (Å²) in [4.78, 5) is 29.1. The van der Waals surface area contributed by atoms with Gasteiger partial charge in [0.2, 0.25) is 11.8 Å². The van der Waals surface area contributed by atoms with Gasteiger partial charge in [-0.25, -0.2) is 8.42 Å². The molecular formula is C32H39N3O7S. The summed E-state index contributed by atoms with van der Waals surface area (Å²) >= 11 is 0. The Kier molecular flexibility index (Phi) is 10.5. The second-order valence-corrected chi connectivity index (χ2v) is 12.3. The lowest BCUT2D eigenvalue weighted by Crippen LogP contribution is -2.52. The Bertz CT molecular complexity index is 1510. The van der Waals surface area contributed by atoms with Crippen molar-refractivity contribution in [2.45, 2.75) is 56.1 Å². The van der Waals surface area contributed by atoms with Crippen LogP contribution in [0.3, 0.4) is 0 Å². The van der Waals surface area contributed by atoms with Gasteiger partial charge in [-0.3, -0.25) is 13.9 Å². The van der Waals surface area contributed by atoms with E-state index in [2.05, 4.69) is 5.32 Å². The highest BCUT2D eigenvalue weighted by Gasteiger charge is 2.34. The lowest BCUT2D eigenvalue weighted by molar-refractivity contribution is -0.139. The lowest BCUT2D eigenvalue weighted by atomic mass is 10.1. The molecule has 0 heterocycles. The fourth-order valence-corrected chi connectivity index (χ4v) is 6.60. The molecule has 0 spiro atoms. The molecule has 43 heavy (non-hydrogen) atoms. The summed E-state index contributed by atoms with van der Waals surface area (Å²) in [6, 6.07) is 19.0. The molecule has 0 radical (unpaired) electrons. The second kappa shape index (κ2) is 14.3. The summed E-state index contributed by atoms with van der Waals surface area (Å²) in [7, 11) is 0.178. The lowest BCUT2D eigenvalue weighted by Gasteiger charge is -2.33. The Morgan fingerprint density at radius 1 is 0.884 bits per heavy atom. The van der Waals surface area contributed by atoms with Crippen molar-refractivity contribution in [3.8, 4) is 17.2 Å². The van der Waals surface area contributed by atoms with Crippen LogP contribution >= 0.6 is 0 Å². The van der Waals surface area contributed by atoms with Crippen LogP contribution < -0.4 is 23.8 Å². The molecule has 1 aliphatic rings. The van der Waals surface area contributed by atoms with Gasteiger partial charge in [-0.2, -0.15) is 0 Å². The van der Waals surface area contributed by atoms with Crippen molar-refractivity contribution >= 4 is 27.5 Å². The molecule has 1 fully saturated rings. The number of hydrogen-bond donors (Lipinski definition) is 1. The van der Waals surface area contributed by atoms with Gasteiger partial charge in [-0.1, -0.05) is 43.2 Å². The quantitative estimate of drug-likeness (QED) is 0.306. The monoisotopic (exact) mass is 609 g/mol. The van der Waals surface area contributed by atoms with Crippen LogP contribution in [0.5, 0.6) is 17.2 Å². The average molecular weight is 610 g/mol. The molecule has 0 saturated heterocycles. The zero-order chi connectivity index (χ0) is 31.0. The normalized spacial score (nSPS) is 14.0. The highest BCUT2D eigenvalue weighted by atomic mass is 32.2. The van der Waals surface area contributed by atoms with Gasteiger partial charge in [0.15, 0.2) is 0 Å². The number of carbonyl (C=O) groups excluding carboxylic acids is 2. The fraction of sp³-hybridized carbons (Fsp3) is 0.375. The Labute approximate surface area is 253 Å². The summed E-state index contributed by atoms with van der Waals surface area (Å²) in [6.45, 7) is 1.13. The Hall–Kier alpha value is -4.25. The van der Waals surface area contributed by atoms with Crippen LogP contribution in [0, 0.1) is 0 Å². The van der Waals surface area contributed by atoms with E-state index in [1.807, 2.05) is 6.07 Å². The van der Waals surface area contributed by atoms with Crippen LogP contribution in [0.4, 0.5) is 5.69 Å². The molecule has 0 aliphatic heterocycles. The minimum atomic E-state index is -4.26. The van der Waals surface area contributed by atoms with Crippen LogP contribution in [-0.2, 0) is 26.2 Å². The third-order valence-electron chi connectivity index (χ3n) is 7.62. The molecule has 4 rings (SSSR count). The van der Waals surface area contributed by atoms with E-state index in [4.69, 9.17) is 14.2 Å². The molecule has 3 aromatic carbocycles. The van der Waals surface area contributed by atoms with Gasteiger partial charge < -0.3 is 24.4 Å². The maximum absolute atomic E-state index is 14.2. The van der Waals surface area contributed by atoms with Gasteiger partial charge in [-0.05, 0) is 61.7 Å². The number of carbonyl (C=O) groups is 2. The van der Waals surface area contributed by atoms with E-state index < -0.39 is 28.5 Å². The molecule has 230 valence electrons. The molecule has 3 aromatic rings. The zero-order valence-corrected chi connectivity index (χ0v) is 25.8. The highest BCUT2D eigenvalue weighted by Crippen LogP contribution is 2.36. The van der Waals surface area contributed by atoms with Gasteiger partial charge in [0.1, 0.15) is 29.8 Å². The predicted octanol–water partition coefficient (Wildman–Crippen LogP) is 4.38. The second-order valence-electron chi connectivity index (χ2n) is 10.4. The molecule has 0 bridgehead atoms. The number of benzene rings is 3. The average Bonchev–Trinajstić information content (AvgIpc) is 3.55. The highest BCUT2D eigenvalue weighted by molar-refractivity contribution is 7.92. The van der Waals surface area contributed by atoms with Crippen molar-refractivity contribution < 1.29 is 32.2 Å². The minimum absolute atomic E-state index is 0.000886. The first-order valence-corrected chi connectivity index (χ1v) is 15.6. The van der Waals surface area contributed by atoms with E-state index in [0.29, 0.717) is 11.5 Å². The summed E-state index contributed by atoms with van der Waals surface area (Å²) in [5.41, 5.74) is 0.855. The minimum Gasteiger partial charge on any atom is -0.497 e. The predicted molar refractivity (Wildman–Crippen MR) is 164 cm³/mol. The molecule has 0 unspecified atom stereocenters. The molecule has 0 aromatic heterocycles. The largest absolute Gasteiger partial charge is 0.497 e. The first-order chi connectivity index (χ1) is 20.7. The van der Waals surface area contributed by atoms with Gasteiger partial charge in [0.05, 0.1) is 31.9 Å². The number of methoxy groups -OCH3 is 3. The van der Waals surface area contributed by atoms with Crippen LogP contribution in [0.25, 0.3) is 0 Å². The smallest absolute Gasteiger partial charge is 0.264 e. The van der Waals surface area contributed by atoms with E-state index >= 15 is 0 Å². The fourth-order valence-electron chi connectivity index (χ4n) is 5.17. The molecule has 10 nitrogen and oxygen atoms in total. The summed E-state index contributed by atoms with van der Waals surface area (Å²) in [5.74, 6) is 0.358. The third kappa shape index (κ3) is 7.59. The first kappa shape index (κ1) is 31.7. The molecule has 2 amide bonds. The Balaban J connectivity index is 1.75. The third-order valence-corrected chi connectivity index (χ3v) is 9.39.